The molecule has 1 aliphatic rings. The van der Waals surface area contributed by atoms with Crippen LogP contribution in [0.4, 0.5) is 24.5 Å². The van der Waals surface area contributed by atoms with E-state index in [0.29, 0.717) is 51.4 Å². The fourth-order valence-electron chi connectivity index (χ4n) is 3.60. The number of alkyl halides is 3. The van der Waals surface area contributed by atoms with Crippen molar-refractivity contribution in [1.82, 2.24) is 14.8 Å². The van der Waals surface area contributed by atoms with Crippen molar-refractivity contribution in [1.29, 1.82) is 0 Å². The Labute approximate surface area is 187 Å². The van der Waals surface area contributed by atoms with Gasteiger partial charge in [0.15, 0.2) is 0 Å². The van der Waals surface area contributed by atoms with Crippen LogP contribution in [0.5, 0.6) is 0 Å². The van der Waals surface area contributed by atoms with Crippen LogP contribution in [0, 0.1) is 10.1 Å². The van der Waals surface area contributed by atoms with E-state index in [1.54, 1.807) is 6.07 Å². The summed E-state index contributed by atoms with van der Waals surface area (Å²) in [6.07, 6.45) is -2.68. The molecule has 0 aliphatic carbocycles. The first-order valence-corrected chi connectivity index (χ1v) is 10.4. The smallest absolute Gasteiger partial charge is 0.369 e. The Morgan fingerprint density at radius 2 is 1.85 bits per heavy atom. The van der Waals surface area contributed by atoms with E-state index in [1.807, 2.05) is 4.90 Å². The van der Waals surface area contributed by atoms with Gasteiger partial charge in [0.2, 0.25) is 5.91 Å². The Hall–Kier alpha value is -3.41. The van der Waals surface area contributed by atoms with Gasteiger partial charge in [0.05, 0.1) is 16.7 Å². The van der Waals surface area contributed by atoms with Gasteiger partial charge in [0.25, 0.3) is 11.2 Å². The van der Waals surface area contributed by atoms with E-state index < -0.39 is 28.1 Å². The summed E-state index contributed by atoms with van der Waals surface area (Å²) in [5.41, 5.74) is -0.889. The number of hydrogen-bond donors (Lipinski definition) is 1. The summed E-state index contributed by atoms with van der Waals surface area (Å²) in [6, 6.07) is 7.44. The molecule has 12 heteroatoms. The van der Waals surface area contributed by atoms with Gasteiger partial charge < -0.3 is 10.2 Å². The number of carbonyl (C=O) groups excluding carboxylic acids is 1. The highest BCUT2D eigenvalue weighted by atomic mass is 19.4. The first-order valence-electron chi connectivity index (χ1n) is 10.4. The molecule has 2 heterocycles. The first-order chi connectivity index (χ1) is 15.6. The summed E-state index contributed by atoms with van der Waals surface area (Å²) in [5, 5.41) is 13.5. The normalized spacial score (nSPS) is 14.8. The molecule has 0 saturated carbocycles. The van der Waals surface area contributed by atoms with Crippen LogP contribution in [0.2, 0.25) is 0 Å². The Morgan fingerprint density at radius 3 is 2.52 bits per heavy atom. The number of rotatable bonds is 8. The van der Waals surface area contributed by atoms with E-state index in [2.05, 4.69) is 10.2 Å². The molecule has 1 aromatic heterocycles. The second-order valence-corrected chi connectivity index (χ2v) is 7.69. The number of pyridine rings is 1. The minimum absolute atomic E-state index is 0.272. The van der Waals surface area contributed by atoms with Gasteiger partial charge in [0, 0.05) is 50.5 Å². The zero-order chi connectivity index (χ0) is 24.0. The molecule has 33 heavy (non-hydrogen) atoms. The quantitative estimate of drug-likeness (QED) is 0.363. The second-order valence-electron chi connectivity index (χ2n) is 7.69. The Bertz CT molecular complexity index is 1050. The van der Waals surface area contributed by atoms with Crippen LogP contribution in [0.1, 0.15) is 12.0 Å². The second kappa shape index (κ2) is 10.5. The van der Waals surface area contributed by atoms with E-state index in [0.717, 1.165) is 35.0 Å². The maximum atomic E-state index is 12.9. The summed E-state index contributed by atoms with van der Waals surface area (Å²) in [6.45, 7) is 3.34. The van der Waals surface area contributed by atoms with Gasteiger partial charge in [-0.1, -0.05) is 6.07 Å². The lowest BCUT2D eigenvalue weighted by Gasteiger charge is -2.36. The molecule has 2 aromatic rings. The number of nitrogens with zero attached hydrogens (tertiary/aromatic N) is 4. The summed E-state index contributed by atoms with van der Waals surface area (Å²) in [5.74, 6) is -0.424. The number of aromatic nitrogens is 1. The number of anilines is 1. The number of amides is 1. The van der Waals surface area contributed by atoms with Crippen LogP contribution in [0.25, 0.3) is 0 Å². The van der Waals surface area contributed by atoms with E-state index >= 15 is 0 Å². The molecule has 0 unspecified atom stereocenters. The molecular formula is C21H24F3N5O4. The van der Waals surface area contributed by atoms with Crippen LogP contribution in [-0.4, -0.2) is 59.6 Å². The van der Waals surface area contributed by atoms with Gasteiger partial charge in [-0.25, -0.2) is 0 Å². The average Bonchev–Trinajstić information content (AvgIpc) is 2.78. The van der Waals surface area contributed by atoms with E-state index in [9.17, 15) is 32.9 Å². The molecule has 3 rings (SSSR count). The lowest BCUT2D eigenvalue weighted by Crippen LogP contribution is -2.47. The zero-order valence-electron chi connectivity index (χ0n) is 17.8. The van der Waals surface area contributed by atoms with Gasteiger partial charge in [0.1, 0.15) is 6.54 Å². The van der Waals surface area contributed by atoms with Crippen LogP contribution in [0.3, 0.4) is 0 Å². The predicted octanol–water partition coefficient (Wildman–Crippen LogP) is 2.10. The molecule has 1 N–H and O–H groups in total. The van der Waals surface area contributed by atoms with E-state index in [-0.39, 0.29) is 12.2 Å². The summed E-state index contributed by atoms with van der Waals surface area (Å²) in [7, 11) is 0. The van der Waals surface area contributed by atoms with Crippen molar-refractivity contribution < 1.29 is 22.9 Å². The standard InChI is InChI=1S/C21H24F3N5O4/c22-21(23,24)16-3-1-4-17(13-16)27-11-9-26(10-12-27)8-2-7-25-19(30)15-28-14-18(29(32)33)5-6-20(28)31/h1,3-6,13-14H,2,7-12,15H2,(H,25,30). The number of nitro groups is 1. The van der Waals surface area contributed by atoms with Crippen molar-refractivity contribution in [3.8, 4) is 0 Å². The summed E-state index contributed by atoms with van der Waals surface area (Å²) in [4.78, 5) is 38.1. The number of carbonyl (C=O) groups is 1. The SMILES string of the molecule is O=C(Cn1cc([N+](=O)[O-])ccc1=O)NCCCN1CCN(c2cccc(C(F)(F)F)c2)CC1. The Kier molecular flexibility index (Phi) is 7.69. The van der Waals surface area contributed by atoms with Crippen LogP contribution in [0.15, 0.2) is 47.4 Å². The fraction of sp³-hybridized carbons (Fsp3) is 0.429. The van der Waals surface area contributed by atoms with Crippen molar-refractivity contribution in [2.75, 3.05) is 44.2 Å². The van der Waals surface area contributed by atoms with Crippen molar-refractivity contribution in [2.24, 2.45) is 0 Å². The number of halogens is 3. The van der Waals surface area contributed by atoms with Crippen molar-refractivity contribution in [3.63, 3.8) is 0 Å². The molecular weight excluding hydrogens is 443 g/mol. The summed E-state index contributed by atoms with van der Waals surface area (Å²) >= 11 is 0. The highest BCUT2D eigenvalue weighted by molar-refractivity contribution is 5.75. The molecule has 1 fully saturated rings. The third kappa shape index (κ3) is 6.78. The summed E-state index contributed by atoms with van der Waals surface area (Å²) < 4.78 is 39.7. The monoisotopic (exact) mass is 467 g/mol. The molecule has 0 bridgehead atoms. The lowest BCUT2D eigenvalue weighted by molar-refractivity contribution is -0.385. The highest BCUT2D eigenvalue weighted by Crippen LogP contribution is 2.31. The van der Waals surface area contributed by atoms with Crippen LogP contribution < -0.4 is 15.8 Å². The van der Waals surface area contributed by atoms with Crippen molar-refractivity contribution >= 4 is 17.3 Å². The van der Waals surface area contributed by atoms with E-state index in [1.165, 1.54) is 6.07 Å². The molecule has 0 spiro atoms. The minimum Gasteiger partial charge on any atom is -0.369 e. The molecule has 0 radical (unpaired) electrons. The van der Waals surface area contributed by atoms with Crippen molar-refractivity contribution in [2.45, 2.75) is 19.1 Å². The lowest BCUT2D eigenvalue weighted by atomic mass is 10.1. The van der Waals surface area contributed by atoms with Gasteiger partial charge in [-0.15, -0.1) is 0 Å². The molecule has 178 valence electrons. The van der Waals surface area contributed by atoms with Gasteiger partial charge in [-0.05, 0) is 31.2 Å². The molecule has 1 aromatic carbocycles. The molecule has 1 amide bonds. The predicted molar refractivity (Wildman–Crippen MR) is 115 cm³/mol. The van der Waals surface area contributed by atoms with Crippen LogP contribution >= 0.6 is 0 Å². The zero-order valence-corrected chi connectivity index (χ0v) is 17.8. The van der Waals surface area contributed by atoms with Gasteiger partial charge >= 0.3 is 6.18 Å². The molecule has 9 nitrogen and oxygen atoms in total. The van der Waals surface area contributed by atoms with Crippen LogP contribution in [-0.2, 0) is 17.5 Å². The highest BCUT2D eigenvalue weighted by Gasteiger charge is 2.31. The number of benzene rings is 1. The first kappa shape index (κ1) is 24.2. The average molecular weight is 467 g/mol. The topological polar surface area (TPSA) is 101 Å². The number of nitrogens with one attached hydrogen (secondary N) is 1. The minimum atomic E-state index is -4.37. The Morgan fingerprint density at radius 1 is 1.12 bits per heavy atom. The molecule has 1 saturated heterocycles. The van der Waals surface area contributed by atoms with Gasteiger partial charge in [-0.3, -0.25) is 29.2 Å². The van der Waals surface area contributed by atoms with Crippen molar-refractivity contribution in [3.05, 3.63) is 68.6 Å². The molecule has 1 aliphatic heterocycles. The van der Waals surface area contributed by atoms with E-state index in [4.69, 9.17) is 0 Å². The third-order valence-electron chi connectivity index (χ3n) is 5.38. The number of piperazine rings is 1. The largest absolute Gasteiger partial charge is 0.416 e. The number of hydrogen-bond acceptors (Lipinski definition) is 6. The maximum Gasteiger partial charge on any atom is 0.416 e. The molecule has 0 atom stereocenters. The maximum absolute atomic E-state index is 12.9. The van der Waals surface area contributed by atoms with Gasteiger partial charge in [-0.2, -0.15) is 13.2 Å². The fourth-order valence-corrected chi connectivity index (χ4v) is 3.60. The Balaban J connectivity index is 1.39. The third-order valence-corrected chi connectivity index (χ3v) is 5.38.